The van der Waals surface area contributed by atoms with Gasteiger partial charge in [-0.15, -0.1) is 0 Å². The van der Waals surface area contributed by atoms with Crippen LogP contribution in [0.25, 0.3) is 0 Å². The molecule has 0 saturated carbocycles. The first kappa shape index (κ1) is 15.8. The summed E-state index contributed by atoms with van der Waals surface area (Å²) in [6.45, 7) is 0. The second-order valence-corrected chi connectivity index (χ2v) is 4.69. The van der Waals surface area contributed by atoms with Crippen molar-refractivity contribution in [2.75, 3.05) is 24.9 Å². The molecule has 0 radical (unpaired) electrons. The predicted octanol–water partition coefficient (Wildman–Crippen LogP) is 3.71. The van der Waals surface area contributed by atoms with E-state index in [1.807, 2.05) is 0 Å². The van der Waals surface area contributed by atoms with Crippen molar-refractivity contribution in [1.82, 2.24) is 0 Å². The third-order valence-electron chi connectivity index (χ3n) is 2.87. The molecular weight excluding hydrogens is 308 g/mol. The number of amides is 2. The highest BCUT2D eigenvalue weighted by molar-refractivity contribution is 6.32. The summed E-state index contributed by atoms with van der Waals surface area (Å²) in [6, 6.07) is 8.95. The second kappa shape index (κ2) is 6.91. The Morgan fingerprint density at radius 1 is 1.05 bits per heavy atom. The lowest BCUT2D eigenvalue weighted by Gasteiger charge is -2.14. The smallest absolute Gasteiger partial charge is 0.323 e. The highest BCUT2D eigenvalue weighted by Gasteiger charge is 2.13. The van der Waals surface area contributed by atoms with Crippen LogP contribution in [0.3, 0.4) is 0 Å². The number of nitrogens with one attached hydrogen (secondary N) is 2. The van der Waals surface area contributed by atoms with Gasteiger partial charge in [-0.1, -0.05) is 23.7 Å². The van der Waals surface area contributed by atoms with E-state index in [-0.39, 0.29) is 5.75 Å². The number of rotatable bonds is 4. The molecule has 0 spiro atoms. The number of urea groups is 1. The van der Waals surface area contributed by atoms with E-state index in [0.29, 0.717) is 27.9 Å². The highest BCUT2D eigenvalue weighted by atomic mass is 35.5. The summed E-state index contributed by atoms with van der Waals surface area (Å²) in [5.41, 5.74) is 0.677. The molecule has 0 aliphatic rings. The predicted molar refractivity (Wildman–Crippen MR) is 85.3 cm³/mol. The van der Waals surface area contributed by atoms with Gasteiger partial charge < -0.3 is 25.2 Å². The number of phenols is 1. The lowest BCUT2D eigenvalue weighted by Crippen LogP contribution is -2.20. The average Bonchev–Trinajstić information content (AvgIpc) is 2.50. The molecule has 0 aliphatic carbocycles. The molecule has 0 unspecified atom stereocenters. The number of hydrogen-bond acceptors (Lipinski definition) is 4. The molecule has 22 heavy (non-hydrogen) atoms. The molecule has 2 aromatic rings. The van der Waals surface area contributed by atoms with Gasteiger partial charge in [-0.05, 0) is 12.1 Å². The number of methoxy groups -OCH3 is 2. The molecule has 0 fully saturated rings. The zero-order valence-electron chi connectivity index (χ0n) is 12.0. The van der Waals surface area contributed by atoms with Crippen LogP contribution in [0.1, 0.15) is 0 Å². The Balaban J connectivity index is 2.19. The zero-order valence-corrected chi connectivity index (χ0v) is 12.8. The minimum atomic E-state index is -0.538. The monoisotopic (exact) mass is 322 g/mol. The molecular formula is C15H15ClN2O4. The first-order valence-electron chi connectivity index (χ1n) is 6.32. The number of benzene rings is 2. The Labute approximate surface area is 132 Å². The van der Waals surface area contributed by atoms with Crippen molar-refractivity contribution < 1.29 is 19.4 Å². The van der Waals surface area contributed by atoms with Gasteiger partial charge in [0.1, 0.15) is 17.2 Å². The van der Waals surface area contributed by atoms with Crippen LogP contribution in [0.2, 0.25) is 5.02 Å². The van der Waals surface area contributed by atoms with Crippen LogP contribution in [0, 0.1) is 0 Å². The SMILES string of the molecule is COc1cc(NC(=O)Nc2ccccc2O)c(OC)cc1Cl. The van der Waals surface area contributed by atoms with E-state index in [9.17, 15) is 9.90 Å². The van der Waals surface area contributed by atoms with Crippen LogP contribution in [-0.2, 0) is 0 Å². The topological polar surface area (TPSA) is 79.8 Å². The summed E-state index contributed by atoms with van der Waals surface area (Å²) in [6.07, 6.45) is 0. The van der Waals surface area contributed by atoms with Crippen molar-refractivity contribution in [1.29, 1.82) is 0 Å². The molecule has 0 aliphatic heterocycles. The molecule has 2 rings (SSSR count). The van der Waals surface area contributed by atoms with E-state index in [4.69, 9.17) is 21.1 Å². The minimum Gasteiger partial charge on any atom is -0.506 e. The molecule has 0 atom stereocenters. The van der Waals surface area contributed by atoms with Gasteiger partial charge >= 0.3 is 6.03 Å². The highest BCUT2D eigenvalue weighted by Crippen LogP contribution is 2.36. The fourth-order valence-corrected chi connectivity index (χ4v) is 2.04. The normalized spacial score (nSPS) is 9.95. The number of ether oxygens (including phenoxy) is 2. The van der Waals surface area contributed by atoms with Gasteiger partial charge in [0, 0.05) is 12.1 Å². The lowest BCUT2D eigenvalue weighted by atomic mass is 10.2. The average molecular weight is 323 g/mol. The molecule has 6 nitrogen and oxygen atoms in total. The number of anilines is 2. The Bertz CT molecular complexity index is 691. The van der Waals surface area contributed by atoms with Gasteiger partial charge in [0.15, 0.2) is 0 Å². The van der Waals surface area contributed by atoms with E-state index in [1.54, 1.807) is 24.3 Å². The van der Waals surface area contributed by atoms with Gasteiger partial charge in [-0.25, -0.2) is 4.79 Å². The molecule has 2 amide bonds. The molecule has 0 saturated heterocycles. The van der Waals surface area contributed by atoms with Gasteiger partial charge in [0.05, 0.1) is 30.6 Å². The molecule has 0 heterocycles. The van der Waals surface area contributed by atoms with Crippen molar-refractivity contribution in [3.8, 4) is 17.2 Å². The van der Waals surface area contributed by atoms with Crippen molar-refractivity contribution in [2.24, 2.45) is 0 Å². The van der Waals surface area contributed by atoms with Crippen LogP contribution < -0.4 is 20.1 Å². The summed E-state index contributed by atoms with van der Waals surface area (Å²) in [4.78, 5) is 12.0. The first-order valence-corrected chi connectivity index (χ1v) is 6.70. The number of carbonyl (C=O) groups excluding carboxylic acids is 1. The number of carbonyl (C=O) groups is 1. The summed E-state index contributed by atoms with van der Waals surface area (Å²) in [5, 5.41) is 15.2. The first-order chi connectivity index (χ1) is 10.5. The van der Waals surface area contributed by atoms with Gasteiger partial charge in [-0.2, -0.15) is 0 Å². The third-order valence-corrected chi connectivity index (χ3v) is 3.17. The van der Waals surface area contributed by atoms with Crippen LogP contribution in [-0.4, -0.2) is 25.4 Å². The Morgan fingerprint density at radius 2 is 1.68 bits per heavy atom. The molecule has 3 N–H and O–H groups in total. The Hall–Kier alpha value is -2.60. The quantitative estimate of drug-likeness (QED) is 0.750. The molecule has 7 heteroatoms. The Morgan fingerprint density at radius 3 is 2.32 bits per heavy atom. The van der Waals surface area contributed by atoms with Crippen molar-refractivity contribution >= 4 is 29.0 Å². The zero-order chi connectivity index (χ0) is 16.1. The Kier molecular flexibility index (Phi) is 4.95. The standard InChI is InChI=1S/C15H15ClN2O4/c1-21-13-8-11(14(22-2)7-9(13)16)18-15(20)17-10-5-3-4-6-12(10)19/h3-8,19H,1-2H3,(H2,17,18,20). The van der Waals surface area contributed by atoms with Crippen LogP contribution >= 0.6 is 11.6 Å². The van der Waals surface area contributed by atoms with E-state index < -0.39 is 6.03 Å². The van der Waals surface area contributed by atoms with Gasteiger partial charge in [-0.3, -0.25) is 0 Å². The minimum absolute atomic E-state index is 0.0294. The maximum Gasteiger partial charge on any atom is 0.323 e. The number of hydrogen-bond donors (Lipinski definition) is 3. The fourth-order valence-electron chi connectivity index (χ4n) is 1.81. The summed E-state index contributed by atoms with van der Waals surface area (Å²) in [5.74, 6) is 0.761. The lowest BCUT2D eigenvalue weighted by molar-refractivity contribution is 0.262. The van der Waals surface area contributed by atoms with E-state index in [0.717, 1.165) is 0 Å². The van der Waals surface area contributed by atoms with Gasteiger partial charge in [0.25, 0.3) is 0 Å². The number of phenolic OH excluding ortho intramolecular Hbond substituents is 1. The molecule has 0 bridgehead atoms. The third kappa shape index (κ3) is 3.53. The second-order valence-electron chi connectivity index (χ2n) is 4.28. The summed E-state index contributed by atoms with van der Waals surface area (Å²) in [7, 11) is 2.93. The van der Waals surface area contributed by atoms with Crippen LogP contribution in [0.5, 0.6) is 17.2 Å². The van der Waals surface area contributed by atoms with Crippen molar-refractivity contribution in [3.05, 3.63) is 41.4 Å². The van der Waals surface area contributed by atoms with Crippen LogP contribution in [0.15, 0.2) is 36.4 Å². The maximum absolute atomic E-state index is 12.0. The van der Waals surface area contributed by atoms with Crippen molar-refractivity contribution in [2.45, 2.75) is 0 Å². The van der Waals surface area contributed by atoms with E-state index >= 15 is 0 Å². The number of para-hydroxylation sites is 2. The maximum atomic E-state index is 12.0. The molecule has 116 valence electrons. The fraction of sp³-hybridized carbons (Fsp3) is 0.133. The molecule has 2 aromatic carbocycles. The summed E-state index contributed by atoms with van der Waals surface area (Å²) >= 11 is 6.00. The van der Waals surface area contributed by atoms with E-state index in [2.05, 4.69) is 10.6 Å². The van der Waals surface area contributed by atoms with E-state index in [1.165, 1.54) is 26.4 Å². The van der Waals surface area contributed by atoms with Gasteiger partial charge in [0.2, 0.25) is 0 Å². The molecule has 0 aromatic heterocycles. The number of aromatic hydroxyl groups is 1. The van der Waals surface area contributed by atoms with Crippen LogP contribution in [0.4, 0.5) is 16.2 Å². The number of halogens is 1. The summed E-state index contributed by atoms with van der Waals surface area (Å²) < 4.78 is 10.3. The van der Waals surface area contributed by atoms with Crippen molar-refractivity contribution in [3.63, 3.8) is 0 Å². The largest absolute Gasteiger partial charge is 0.506 e.